The van der Waals surface area contributed by atoms with Crippen molar-refractivity contribution >= 4 is 28.4 Å². The average Bonchev–Trinajstić information content (AvgIpc) is 3.61. The van der Waals surface area contributed by atoms with E-state index in [9.17, 15) is 14.4 Å². The van der Waals surface area contributed by atoms with Crippen LogP contribution in [-0.2, 0) is 24.3 Å². The van der Waals surface area contributed by atoms with Crippen LogP contribution < -0.4 is 14.5 Å². The van der Waals surface area contributed by atoms with E-state index in [1.807, 2.05) is 60.7 Å². The number of carbonyl (C=O) groups is 1. The molecule has 0 aliphatic carbocycles. The molecule has 2 saturated heterocycles. The normalized spacial score (nSPS) is 19.5. The van der Waals surface area contributed by atoms with Crippen molar-refractivity contribution in [2.45, 2.75) is 57.8 Å². The van der Waals surface area contributed by atoms with Crippen molar-refractivity contribution in [3.05, 3.63) is 89.4 Å². The molecule has 3 aliphatic heterocycles. The van der Waals surface area contributed by atoms with E-state index in [1.54, 1.807) is 4.90 Å². The fourth-order valence-electron chi connectivity index (χ4n) is 7.48. The van der Waals surface area contributed by atoms with Gasteiger partial charge in [0.15, 0.2) is 0 Å². The molecule has 2 fully saturated rings. The standard InChI is InChI=1S/C38H42FN7O3/c1-2-43-19-8-11-29(43)26-48-37-41-34-24-44(35-15-14-33(39)30-12-6-7-13-31(30)35)20-17-32(34)36(42-37)45-21-22-46(28(23-45)16-18-40)38(47)49-25-27-9-4-3-5-10-27/h3-7,9-10,12-15,28-29H,2,8,11,16-17,19-26H2,1H3/t28?,29-/m0/s1. The maximum Gasteiger partial charge on any atom is 0.410 e. The highest BCUT2D eigenvalue weighted by Crippen LogP contribution is 2.36. The molecule has 254 valence electrons. The molecule has 2 atom stereocenters. The molecule has 3 aliphatic rings. The van der Waals surface area contributed by atoms with Crippen molar-refractivity contribution in [3.8, 4) is 12.1 Å². The summed E-state index contributed by atoms with van der Waals surface area (Å²) in [6.07, 6.45) is 2.67. The summed E-state index contributed by atoms with van der Waals surface area (Å²) in [4.78, 5) is 31.7. The predicted octanol–water partition coefficient (Wildman–Crippen LogP) is 5.94. The summed E-state index contributed by atoms with van der Waals surface area (Å²) in [5.74, 6) is 0.558. The monoisotopic (exact) mass is 663 g/mol. The first kappa shape index (κ1) is 32.6. The minimum Gasteiger partial charge on any atom is -0.462 e. The zero-order valence-corrected chi connectivity index (χ0v) is 27.9. The molecular weight excluding hydrogens is 621 g/mol. The van der Waals surface area contributed by atoms with E-state index in [0.717, 1.165) is 59.6 Å². The van der Waals surface area contributed by atoms with Gasteiger partial charge in [0.25, 0.3) is 0 Å². The maximum absolute atomic E-state index is 14.7. The number of likely N-dealkylation sites (tertiary alicyclic amines) is 1. The fourth-order valence-corrected chi connectivity index (χ4v) is 7.48. The molecule has 0 radical (unpaired) electrons. The third-order valence-electron chi connectivity index (χ3n) is 10.1. The molecule has 0 bridgehead atoms. The SMILES string of the molecule is CCN1CCC[C@H]1COc1nc2c(c(N3CCN(C(=O)OCc4ccccc4)C(CC#N)C3)n1)CCN(c1ccc(F)c3ccccc13)C2. The number of carbonyl (C=O) groups excluding carboxylic acids is 1. The Balaban J connectivity index is 1.16. The first-order valence-electron chi connectivity index (χ1n) is 17.3. The number of hydrogen-bond acceptors (Lipinski definition) is 9. The number of nitrogens with zero attached hydrogens (tertiary/aromatic N) is 7. The molecule has 4 aromatic rings. The number of amides is 1. The van der Waals surface area contributed by atoms with Gasteiger partial charge in [-0.2, -0.15) is 15.2 Å². The van der Waals surface area contributed by atoms with Crippen LogP contribution in [0.1, 0.15) is 43.0 Å². The summed E-state index contributed by atoms with van der Waals surface area (Å²) in [5.41, 5.74) is 3.79. The number of aromatic nitrogens is 2. The summed E-state index contributed by atoms with van der Waals surface area (Å²) < 4.78 is 26.7. The van der Waals surface area contributed by atoms with Crippen LogP contribution in [0.15, 0.2) is 66.7 Å². The Labute approximate surface area is 286 Å². The molecule has 1 amide bonds. The number of fused-ring (bicyclic) bond motifs is 2. The third-order valence-corrected chi connectivity index (χ3v) is 10.1. The quantitative estimate of drug-likeness (QED) is 0.216. The van der Waals surface area contributed by atoms with E-state index in [2.05, 4.69) is 27.7 Å². The van der Waals surface area contributed by atoms with Gasteiger partial charge in [0, 0.05) is 54.2 Å². The number of rotatable bonds is 9. The third kappa shape index (κ3) is 6.97. The van der Waals surface area contributed by atoms with Crippen molar-refractivity contribution in [2.24, 2.45) is 0 Å². The Kier molecular flexibility index (Phi) is 9.75. The molecule has 0 saturated carbocycles. The van der Waals surface area contributed by atoms with E-state index < -0.39 is 6.09 Å². The number of ether oxygens (including phenoxy) is 2. The van der Waals surface area contributed by atoms with Crippen LogP contribution in [0, 0.1) is 17.1 Å². The van der Waals surface area contributed by atoms with Crippen LogP contribution in [0.3, 0.4) is 0 Å². The highest BCUT2D eigenvalue weighted by Gasteiger charge is 2.35. The summed E-state index contributed by atoms with van der Waals surface area (Å²) in [6, 6.07) is 23.1. The number of halogens is 1. The number of likely N-dealkylation sites (N-methyl/N-ethyl adjacent to an activating group) is 1. The van der Waals surface area contributed by atoms with Gasteiger partial charge in [0.05, 0.1) is 30.8 Å². The van der Waals surface area contributed by atoms with E-state index in [-0.39, 0.29) is 24.9 Å². The van der Waals surface area contributed by atoms with E-state index >= 15 is 0 Å². The molecule has 7 rings (SSSR count). The van der Waals surface area contributed by atoms with E-state index in [1.165, 1.54) is 6.07 Å². The van der Waals surface area contributed by atoms with Crippen LogP contribution in [0.25, 0.3) is 10.8 Å². The van der Waals surface area contributed by atoms with Crippen molar-refractivity contribution in [3.63, 3.8) is 0 Å². The van der Waals surface area contributed by atoms with Gasteiger partial charge in [-0.15, -0.1) is 0 Å². The molecule has 4 heterocycles. The summed E-state index contributed by atoms with van der Waals surface area (Å²) >= 11 is 0. The van der Waals surface area contributed by atoms with Crippen molar-refractivity contribution in [1.82, 2.24) is 19.8 Å². The predicted molar refractivity (Wildman–Crippen MR) is 186 cm³/mol. The number of piperazine rings is 1. The topological polar surface area (TPSA) is 98.1 Å². The zero-order chi connectivity index (χ0) is 33.7. The second-order valence-corrected chi connectivity index (χ2v) is 13.0. The maximum atomic E-state index is 14.7. The molecule has 3 aromatic carbocycles. The van der Waals surface area contributed by atoms with E-state index in [0.29, 0.717) is 63.2 Å². The van der Waals surface area contributed by atoms with Gasteiger partial charge in [-0.25, -0.2) is 9.18 Å². The van der Waals surface area contributed by atoms with Crippen LogP contribution >= 0.6 is 0 Å². The smallest absolute Gasteiger partial charge is 0.410 e. The average molecular weight is 664 g/mol. The Morgan fingerprint density at radius 3 is 2.59 bits per heavy atom. The highest BCUT2D eigenvalue weighted by molar-refractivity contribution is 5.94. The molecule has 0 spiro atoms. The Morgan fingerprint density at radius 2 is 1.78 bits per heavy atom. The highest BCUT2D eigenvalue weighted by atomic mass is 19.1. The summed E-state index contributed by atoms with van der Waals surface area (Å²) in [6.45, 7) is 7.51. The Bertz CT molecular complexity index is 1830. The van der Waals surface area contributed by atoms with Gasteiger partial charge in [0.1, 0.15) is 24.8 Å². The van der Waals surface area contributed by atoms with E-state index in [4.69, 9.17) is 19.4 Å². The van der Waals surface area contributed by atoms with Crippen molar-refractivity contribution in [1.29, 1.82) is 5.26 Å². The van der Waals surface area contributed by atoms with Gasteiger partial charge >= 0.3 is 12.1 Å². The lowest BCUT2D eigenvalue weighted by atomic mass is 10.0. The molecule has 49 heavy (non-hydrogen) atoms. The molecule has 1 unspecified atom stereocenters. The fraction of sp³-hybridized carbons (Fsp3) is 0.421. The molecule has 11 heteroatoms. The van der Waals surface area contributed by atoms with Gasteiger partial charge < -0.3 is 24.2 Å². The molecular formula is C38H42FN7O3. The number of hydrogen-bond donors (Lipinski definition) is 0. The van der Waals surface area contributed by atoms with Crippen molar-refractivity contribution < 1.29 is 18.7 Å². The van der Waals surface area contributed by atoms with Crippen molar-refractivity contribution in [2.75, 3.05) is 55.7 Å². The number of anilines is 2. The minimum atomic E-state index is -0.420. The lowest BCUT2D eigenvalue weighted by molar-refractivity contribution is 0.0767. The molecule has 10 nitrogen and oxygen atoms in total. The minimum absolute atomic E-state index is 0.174. The Hall–Kier alpha value is -4.95. The number of benzene rings is 3. The zero-order valence-electron chi connectivity index (χ0n) is 27.9. The lowest BCUT2D eigenvalue weighted by Crippen LogP contribution is -2.55. The van der Waals surface area contributed by atoms with Gasteiger partial charge in [0.2, 0.25) is 0 Å². The second-order valence-electron chi connectivity index (χ2n) is 13.0. The largest absolute Gasteiger partial charge is 0.462 e. The summed E-state index contributed by atoms with van der Waals surface area (Å²) in [5, 5.41) is 11.2. The van der Waals surface area contributed by atoms with Gasteiger partial charge in [-0.3, -0.25) is 4.90 Å². The van der Waals surface area contributed by atoms with Gasteiger partial charge in [-0.05, 0) is 50.0 Å². The van der Waals surface area contributed by atoms with Crippen LogP contribution in [-0.4, -0.2) is 83.8 Å². The van der Waals surface area contributed by atoms with Gasteiger partial charge in [-0.1, -0.05) is 61.5 Å². The first-order chi connectivity index (χ1) is 24.0. The van der Waals surface area contributed by atoms with Crippen LogP contribution in [0.2, 0.25) is 0 Å². The van der Waals surface area contributed by atoms with Crippen LogP contribution in [0.5, 0.6) is 6.01 Å². The van der Waals surface area contributed by atoms with Crippen LogP contribution in [0.4, 0.5) is 20.7 Å². The molecule has 1 aromatic heterocycles. The second kappa shape index (κ2) is 14.7. The Morgan fingerprint density at radius 1 is 0.959 bits per heavy atom. The summed E-state index contributed by atoms with van der Waals surface area (Å²) in [7, 11) is 0. The lowest BCUT2D eigenvalue weighted by Gasteiger charge is -2.42. The number of nitriles is 1. The first-order valence-corrected chi connectivity index (χ1v) is 17.3. The molecule has 0 N–H and O–H groups in total.